The molecule has 0 unspecified atom stereocenters. The van der Waals surface area contributed by atoms with Crippen molar-refractivity contribution in [2.45, 2.75) is 103 Å². The van der Waals surface area contributed by atoms with E-state index in [2.05, 4.69) is 26.0 Å². The predicted octanol–water partition coefficient (Wildman–Crippen LogP) is 5.98. The zero-order chi connectivity index (χ0) is 14.2. The standard InChI is InChI=1S/C18H37N/c1-3-4-5-6-7-8-9-10-11-12-13-14-15-16-17-18(2)19/h5-6,18H,3-4,7-17,19H2,1-2H3/b6-5-/t18-/m0/s1. The first-order valence-corrected chi connectivity index (χ1v) is 8.68. The summed E-state index contributed by atoms with van der Waals surface area (Å²) in [4.78, 5) is 0. The minimum absolute atomic E-state index is 0.395. The lowest BCUT2D eigenvalue weighted by Gasteiger charge is -2.04. The van der Waals surface area contributed by atoms with Gasteiger partial charge in [0.15, 0.2) is 0 Å². The minimum atomic E-state index is 0.395. The van der Waals surface area contributed by atoms with E-state index in [-0.39, 0.29) is 0 Å². The van der Waals surface area contributed by atoms with Gasteiger partial charge in [-0.1, -0.05) is 76.9 Å². The van der Waals surface area contributed by atoms with Crippen LogP contribution in [0.5, 0.6) is 0 Å². The molecule has 1 nitrogen and oxygen atoms in total. The van der Waals surface area contributed by atoms with E-state index >= 15 is 0 Å². The number of allylic oxidation sites excluding steroid dienone is 2. The van der Waals surface area contributed by atoms with E-state index in [1.54, 1.807) is 0 Å². The van der Waals surface area contributed by atoms with Gasteiger partial charge in [0.2, 0.25) is 0 Å². The van der Waals surface area contributed by atoms with E-state index in [1.165, 1.54) is 83.5 Å². The maximum Gasteiger partial charge on any atom is 0.00104 e. The summed E-state index contributed by atoms with van der Waals surface area (Å²) in [6.07, 6.45) is 22.4. The molecular formula is C18H37N. The van der Waals surface area contributed by atoms with E-state index in [9.17, 15) is 0 Å². The second-order valence-corrected chi connectivity index (χ2v) is 6.00. The molecule has 114 valence electrons. The summed E-state index contributed by atoms with van der Waals surface area (Å²) in [6.45, 7) is 4.35. The highest BCUT2D eigenvalue weighted by molar-refractivity contribution is 4.80. The molecular weight excluding hydrogens is 230 g/mol. The van der Waals surface area contributed by atoms with E-state index in [1.807, 2.05) is 0 Å². The van der Waals surface area contributed by atoms with E-state index in [0.717, 1.165) is 0 Å². The molecule has 0 aromatic rings. The van der Waals surface area contributed by atoms with Gasteiger partial charge in [0.05, 0.1) is 0 Å². The summed E-state index contributed by atoms with van der Waals surface area (Å²) < 4.78 is 0. The van der Waals surface area contributed by atoms with Gasteiger partial charge in [-0.2, -0.15) is 0 Å². The van der Waals surface area contributed by atoms with Gasteiger partial charge in [0.25, 0.3) is 0 Å². The highest BCUT2D eigenvalue weighted by atomic mass is 14.6. The maximum atomic E-state index is 5.73. The second kappa shape index (κ2) is 15.8. The van der Waals surface area contributed by atoms with Gasteiger partial charge < -0.3 is 5.73 Å². The lowest BCUT2D eigenvalue weighted by molar-refractivity contribution is 0.535. The molecule has 0 bridgehead atoms. The van der Waals surface area contributed by atoms with Crippen LogP contribution in [-0.2, 0) is 0 Å². The molecule has 0 saturated carbocycles. The number of rotatable bonds is 14. The Morgan fingerprint density at radius 3 is 1.74 bits per heavy atom. The summed E-state index contributed by atoms with van der Waals surface area (Å²) in [7, 11) is 0. The first-order chi connectivity index (χ1) is 9.27. The maximum absolute atomic E-state index is 5.73. The van der Waals surface area contributed by atoms with Crippen LogP contribution in [0.2, 0.25) is 0 Å². The van der Waals surface area contributed by atoms with Crippen LogP contribution in [0.3, 0.4) is 0 Å². The lowest BCUT2D eigenvalue weighted by Crippen LogP contribution is -2.13. The van der Waals surface area contributed by atoms with Crippen molar-refractivity contribution in [3.8, 4) is 0 Å². The van der Waals surface area contributed by atoms with Crippen molar-refractivity contribution < 1.29 is 0 Å². The van der Waals surface area contributed by atoms with Gasteiger partial charge >= 0.3 is 0 Å². The van der Waals surface area contributed by atoms with Crippen molar-refractivity contribution in [1.29, 1.82) is 0 Å². The van der Waals surface area contributed by atoms with Crippen LogP contribution in [0.4, 0.5) is 0 Å². The molecule has 1 heteroatoms. The number of nitrogens with two attached hydrogens (primary N) is 1. The third kappa shape index (κ3) is 17.7. The number of unbranched alkanes of at least 4 members (excludes halogenated alkanes) is 10. The Morgan fingerprint density at radius 1 is 0.737 bits per heavy atom. The molecule has 0 aliphatic heterocycles. The van der Waals surface area contributed by atoms with Crippen LogP contribution >= 0.6 is 0 Å². The van der Waals surface area contributed by atoms with Crippen LogP contribution in [-0.4, -0.2) is 6.04 Å². The van der Waals surface area contributed by atoms with Gasteiger partial charge in [-0.15, -0.1) is 0 Å². The molecule has 0 fully saturated rings. The van der Waals surface area contributed by atoms with Crippen molar-refractivity contribution in [2.24, 2.45) is 5.73 Å². The first kappa shape index (κ1) is 18.7. The molecule has 0 aromatic carbocycles. The molecule has 0 spiro atoms. The zero-order valence-corrected chi connectivity index (χ0v) is 13.5. The second-order valence-electron chi connectivity index (χ2n) is 6.00. The van der Waals surface area contributed by atoms with Crippen molar-refractivity contribution >= 4 is 0 Å². The summed E-state index contributed by atoms with van der Waals surface area (Å²) in [5.74, 6) is 0. The van der Waals surface area contributed by atoms with Crippen LogP contribution in [0.15, 0.2) is 12.2 Å². The fourth-order valence-electron chi connectivity index (χ4n) is 2.37. The molecule has 0 heterocycles. The molecule has 19 heavy (non-hydrogen) atoms. The van der Waals surface area contributed by atoms with Crippen LogP contribution in [0, 0.1) is 0 Å². The van der Waals surface area contributed by atoms with E-state index in [0.29, 0.717) is 6.04 Å². The zero-order valence-electron chi connectivity index (χ0n) is 13.5. The van der Waals surface area contributed by atoms with E-state index in [4.69, 9.17) is 5.73 Å². The monoisotopic (exact) mass is 267 g/mol. The average molecular weight is 268 g/mol. The van der Waals surface area contributed by atoms with Crippen LogP contribution in [0.25, 0.3) is 0 Å². The van der Waals surface area contributed by atoms with Crippen molar-refractivity contribution in [1.82, 2.24) is 0 Å². The molecule has 2 N–H and O–H groups in total. The Balaban J connectivity index is 2.99. The Labute approximate surface area is 122 Å². The Hall–Kier alpha value is -0.300. The largest absolute Gasteiger partial charge is 0.328 e. The number of hydrogen-bond donors (Lipinski definition) is 1. The first-order valence-electron chi connectivity index (χ1n) is 8.68. The van der Waals surface area contributed by atoms with Gasteiger partial charge in [0, 0.05) is 6.04 Å². The highest BCUT2D eigenvalue weighted by Crippen LogP contribution is 2.12. The lowest BCUT2D eigenvalue weighted by atomic mass is 10.0. The third-order valence-corrected chi connectivity index (χ3v) is 3.65. The Bertz CT molecular complexity index is 184. The summed E-state index contributed by atoms with van der Waals surface area (Å²) in [6, 6.07) is 0.395. The topological polar surface area (TPSA) is 26.0 Å². The molecule has 0 aliphatic rings. The highest BCUT2D eigenvalue weighted by Gasteiger charge is 1.95. The molecule has 0 radical (unpaired) electrons. The number of hydrogen-bond acceptors (Lipinski definition) is 1. The summed E-state index contributed by atoms with van der Waals surface area (Å²) >= 11 is 0. The van der Waals surface area contributed by atoms with Crippen molar-refractivity contribution in [3.05, 3.63) is 12.2 Å². The van der Waals surface area contributed by atoms with Gasteiger partial charge in [-0.25, -0.2) is 0 Å². The summed E-state index contributed by atoms with van der Waals surface area (Å²) in [5, 5.41) is 0. The quantitative estimate of drug-likeness (QED) is 0.304. The van der Waals surface area contributed by atoms with Crippen molar-refractivity contribution in [3.63, 3.8) is 0 Å². The summed E-state index contributed by atoms with van der Waals surface area (Å²) in [5.41, 5.74) is 5.73. The fraction of sp³-hybridized carbons (Fsp3) is 0.889. The van der Waals surface area contributed by atoms with Crippen LogP contribution in [0.1, 0.15) is 97.3 Å². The molecule has 1 atom stereocenters. The SMILES string of the molecule is CCC/C=C\CCCCCCCCCCC[C@H](C)N. The average Bonchev–Trinajstić information content (AvgIpc) is 2.39. The predicted molar refractivity (Wildman–Crippen MR) is 88.5 cm³/mol. The Morgan fingerprint density at radius 2 is 1.21 bits per heavy atom. The van der Waals surface area contributed by atoms with Crippen molar-refractivity contribution in [2.75, 3.05) is 0 Å². The molecule has 0 amide bonds. The molecule has 0 rings (SSSR count). The minimum Gasteiger partial charge on any atom is -0.328 e. The molecule has 0 aliphatic carbocycles. The van der Waals surface area contributed by atoms with E-state index < -0.39 is 0 Å². The van der Waals surface area contributed by atoms with Crippen LogP contribution < -0.4 is 5.73 Å². The smallest absolute Gasteiger partial charge is 0.00104 e. The van der Waals surface area contributed by atoms with Gasteiger partial charge in [-0.05, 0) is 32.6 Å². The van der Waals surface area contributed by atoms with Gasteiger partial charge in [0.1, 0.15) is 0 Å². The molecule has 0 aromatic heterocycles. The third-order valence-electron chi connectivity index (χ3n) is 3.65. The Kier molecular flexibility index (Phi) is 15.5. The van der Waals surface area contributed by atoms with Gasteiger partial charge in [-0.3, -0.25) is 0 Å². The fourth-order valence-corrected chi connectivity index (χ4v) is 2.37. The normalized spacial score (nSPS) is 13.2. The molecule has 0 saturated heterocycles.